The fourth-order valence-electron chi connectivity index (χ4n) is 8.91. The van der Waals surface area contributed by atoms with Gasteiger partial charge < -0.3 is 4.98 Å². The molecule has 0 atom stereocenters. The van der Waals surface area contributed by atoms with Gasteiger partial charge in [-0.05, 0) is 149 Å². The largest absolute Gasteiger partial charge is 0.304 e. The van der Waals surface area contributed by atoms with E-state index in [0.717, 1.165) is 11.3 Å². The molecule has 0 bridgehead atoms. The van der Waals surface area contributed by atoms with E-state index < -0.39 is 0 Å². The van der Waals surface area contributed by atoms with Gasteiger partial charge in [-0.1, -0.05) is 169 Å². The van der Waals surface area contributed by atoms with Crippen molar-refractivity contribution in [1.29, 1.82) is 0 Å². The molecule has 303 valence electrons. The summed E-state index contributed by atoms with van der Waals surface area (Å²) in [6, 6.07) is 83.9. The first-order valence-electron chi connectivity index (χ1n) is 21.3. The molecule has 0 aliphatic heterocycles. The summed E-state index contributed by atoms with van der Waals surface area (Å²) in [6.07, 6.45) is 1.81. The molecule has 11 rings (SSSR count). The fraction of sp³-hybridized carbons (Fsp3) is 0.0328. The Labute approximate surface area is 383 Å². The molecule has 10 aromatic carbocycles. The minimum atomic E-state index is 0. The molecule has 0 aliphatic rings. The summed E-state index contributed by atoms with van der Waals surface area (Å²) < 4.78 is 0. The van der Waals surface area contributed by atoms with E-state index in [4.69, 9.17) is 0 Å². The van der Waals surface area contributed by atoms with Crippen molar-refractivity contribution in [3.05, 3.63) is 248 Å². The Morgan fingerprint density at radius 3 is 1.00 bits per heavy atom. The van der Waals surface area contributed by atoms with Gasteiger partial charge >= 0.3 is 0 Å². The van der Waals surface area contributed by atoms with Crippen molar-refractivity contribution >= 4 is 32.3 Å². The van der Waals surface area contributed by atoms with Crippen LogP contribution in [0.2, 0.25) is 0 Å². The third-order valence-corrected chi connectivity index (χ3v) is 11.9. The third kappa shape index (κ3) is 8.28. The fourth-order valence-corrected chi connectivity index (χ4v) is 8.91. The zero-order valence-electron chi connectivity index (χ0n) is 35.2. The van der Waals surface area contributed by atoms with Crippen molar-refractivity contribution in [1.82, 2.24) is 4.98 Å². The van der Waals surface area contributed by atoms with Crippen molar-refractivity contribution in [3.63, 3.8) is 0 Å². The van der Waals surface area contributed by atoms with Crippen molar-refractivity contribution in [2.45, 2.75) is 13.8 Å². The normalized spacial score (nSPS) is 10.9. The maximum absolute atomic E-state index is 4.32. The first-order valence-corrected chi connectivity index (χ1v) is 21.3. The van der Waals surface area contributed by atoms with Gasteiger partial charge in [0.15, 0.2) is 0 Å². The smallest absolute Gasteiger partial charge is 0.0160 e. The molecule has 1 aromatic heterocycles. The van der Waals surface area contributed by atoms with Crippen molar-refractivity contribution in [3.8, 4) is 66.9 Å². The Bertz CT molecular complexity index is 3240. The van der Waals surface area contributed by atoms with Crippen LogP contribution in [0.4, 0.5) is 0 Å². The van der Waals surface area contributed by atoms with E-state index in [2.05, 4.69) is 219 Å². The minimum Gasteiger partial charge on any atom is -0.304 e. The topological polar surface area (TPSA) is 12.9 Å². The molecule has 0 spiro atoms. The van der Waals surface area contributed by atoms with Crippen LogP contribution in [-0.2, 0) is 20.1 Å². The molecule has 0 N–H and O–H groups in total. The second-order valence-electron chi connectivity index (χ2n) is 15.9. The predicted molar refractivity (Wildman–Crippen MR) is 264 cm³/mol. The van der Waals surface area contributed by atoms with Crippen LogP contribution in [0.25, 0.3) is 99.2 Å². The van der Waals surface area contributed by atoms with Crippen LogP contribution in [0.3, 0.4) is 0 Å². The average Bonchev–Trinajstić information content (AvgIpc) is 3.35. The van der Waals surface area contributed by atoms with Gasteiger partial charge in [-0.2, -0.15) is 0 Å². The molecule has 11 aromatic rings. The van der Waals surface area contributed by atoms with Gasteiger partial charge in [0.05, 0.1) is 0 Å². The van der Waals surface area contributed by atoms with E-state index in [-0.39, 0.29) is 20.1 Å². The Hall–Kier alpha value is -7.22. The summed E-state index contributed by atoms with van der Waals surface area (Å²) in [6.45, 7) is 4.31. The number of aromatic nitrogens is 1. The molecule has 0 unspecified atom stereocenters. The first-order chi connectivity index (χ1) is 30.6. The van der Waals surface area contributed by atoms with E-state index in [1.54, 1.807) is 0 Å². The molecule has 0 saturated heterocycles. The number of hydrogen-bond acceptors (Lipinski definition) is 1. The van der Waals surface area contributed by atoms with Crippen LogP contribution < -0.4 is 0 Å². The second-order valence-corrected chi connectivity index (χ2v) is 15.9. The molecule has 63 heavy (non-hydrogen) atoms. The maximum atomic E-state index is 4.32. The average molecular weight is 983 g/mol. The van der Waals surface area contributed by atoms with Gasteiger partial charge in [0.25, 0.3) is 0 Å². The molecule has 0 aliphatic carbocycles. The molecule has 0 saturated carbocycles. The number of benzene rings is 10. The Kier molecular flexibility index (Phi) is 12.0. The predicted octanol–water partition coefficient (Wildman–Crippen LogP) is 16.6. The SMILES string of the molecule is Cc1cc2c(cc1-c1ccccc1)c1cc(-c3ccccc3)c(-c3ccccc3)cc1c1cc(-c3ccccc3)c(-c3ccccc3)cc21.Cc1cccnc1-c1[c-]cccc1.[Ir]. The van der Waals surface area contributed by atoms with Crippen molar-refractivity contribution in [2.24, 2.45) is 0 Å². The van der Waals surface area contributed by atoms with Gasteiger partial charge in [-0.25, -0.2) is 0 Å². The zero-order valence-corrected chi connectivity index (χ0v) is 37.6. The number of rotatable bonds is 6. The summed E-state index contributed by atoms with van der Waals surface area (Å²) in [7, 11) is 0. The van der Waals surface area contributed by atoms with E-state index in [1.807, 2.05) is 36.5 Å². The zero-order chi connectivity index (χ0) is 41.8. The van der Waals surface area contributed by atoms with Gasteiger partial charge in [-0.15, -0.1) is 35.9 Å². The Morgan fingerprint density at radius 1 is 0.317 bits per heavy atom. The molecule has 2 heteroatoms. The van der Waals surface area contributed by atoms with Gasteiger partial charge in [0, 0.05) is 26.3 Å². The summed E-state index contributed by atoms with van der Waals surface area (Å²) in [4.78, 5) is 4.32. The number of nitrogens with zero attached hydrogens (tertiary/aromatic N) is 1. The number of pyridine rings is 1. The number of aryl methyl sites for hydroxylation is 2. The van der Waals surface area contributed by atoms with E-state index in [9.17, 15) is 0 Å². The molecule has 1 nitrogen and oxygen atoms in total. The van der Waals surface area contributed by atoms with Gasteiger partial charge in [0.1, 0.15) is 0 Å². The quantitative estimate of drug-likeness (QED) is 0.120. The Balaban J connectivity index is 0.000000309. The van der Waals surface area contributed by atoms with Crippen LogP contribution in [-0.4, -0.2) is 4.98 Å². The third-order valence-electron chi connectivity index (χ3n) is 11.9. The van der Waals surface area contributed by atoms with Crippen LogP contribution >= 0.6 is 0 Å². The van der Waals surface area contributed by atoms with Crippen LogP contribution in [0.1, 0.15) is 11.1 Å². The molecule has 0 amide bonds. The first kappa shape index (κ1) is 41.1. The van der Waals surface area contributed by atoms with E-state index in [1.165, 1.54) is 99.1 Å². The standard InChI is InChI=1S/C49H34.C12H10N.Ir/c1-33-27-44-45(28-39(33)34-17-7-2-8-18-34)47-30-41(36-21-11-4-12-22-36)43(38-25-15-6-16-26-38)32-49(47)48-31-42(37-23-13-5-14-24-37)40(29-46(44)48)35-19-9-3-10-20-35;1-10-6-5-9-13-12(10)11-7-3-2-4-8-11;/h2-32H,1H3;2-7,9H,1H3;/q;-1;. The maximum Gasteiger partial charge on any atom is 0.0160 e. The van der Waals surface area contributed by atoms with Gasteiger partial charge in [0.2, 0.25) is 0 Å². The Morgan fingerprint density at radius 2 is 0.651 bits per heavy atom. The van der Waals surface area contributed by atoms with Crippen LogP contribution in [0.5, 0.6) is 0 Å². The molecular formula is C61H44IrN-. The van der Waals surface area contributed by atoms with Crippen molar-refractivity contribution < 1.29 is 20.1 Å². The van der Waals surface area contributed by atoms with E-state index >= 15 is 0 Å². The summed E-state index contributed by atoms with van der Waals surface area (Å²) in [5.74, 6) is 0. The van der Waals surface area contributed by atoms with Crippen LogP contribution in [0.15, 0.2) is 231 Å². The number of hydrogen-bond donors (Lipinski definition) is 0. The van der Waals surface area contributed by atoms with Crippen molar-refractivity contribution in [2.75, 3.05) is 0 Å². The van der Waals surface area contributed by atoms with Gasteiger partial charge in [-0.3, -0.25) is 0 Å². The molecular weight excluding hydrogens is 939 g/mol. The summed E-state index contributed by atoms with van der Waals surface area (Å²) >= 11 is 0. The molecule has 1 radical (unpaired) electrons. The number of fused-ring (bicyclic) bond motifs is 6. The van der Waals surface area contributed by atoms with Crippen LogP contribution in [0, 0.1) is 19.9 Å². The summed E-state index contributed by atoms with van der Waals surface area (Å²) in [5, 5.41) is 7.63. The summed E-state index contributed by atoms with van der Waals surface area (Å²) in [5.41, 5.74) is 16.9. The molecule has 1 heterocycles. The second kappa shape index (κ2) is 18.4. The molecule has 0 fully saturated rings. The monoisotopic (exact) mass is 983 g/mol. The minimum absolute atomic E-state index is 0. The van der Waals surface area contributed by atoms with E-state index in [0.29, 0.717) is 0 Å².